The van der Waals surface area contributed by atoms with Gasteiger partial charge in [0.15, 0.2) is 6.61 Å². The van der Waals surface area contributed by atoms with Gasteiger partial charge >= 0.3 is 0 Å². The standard InChI is InChI=1S/C17H25ClN2O3/c1-13-14(18)4-3-5-15(13)23-10-16(21)20-11-17(12-22-2)6-8-19-9-7-17/h3-5,19H,6-12H2,1-2H3,(H,20,21). The predicted octanol–water partition coefficient (Wildman–Crippen LogP) is 2.16. The van der Waals surface area contributed by atoms with Crippen molar-refractivity contribution >= 4 is 17.5 Å². The van der Waals surface area contributed by atoms with E-state index in [0.717, 1.165) is 31.5 Å². The Morgan fingerprint density at radius 1 is 1.39 bits per heavy atom. The zero-order valence-corrected chi connectivity index (χ0v) is 14.5. The van der Waals surface area contributed by atoms with Crippen LogP contribution in [0, 0.1) is 12.3 Å². The maximum absolute atomic E-state index is 12.1. The second kappa shape index (κ2) is 8.52. The van der Waals surface area contributed by atoms with Crippen molar-refractivity contribution in [3.63, 3.8) is 0 Å². The Bertz CT molecular complexity index is 525. The van der Waals surface area contributed by atoms with Crippen LogP contribution < -0.4 is 15.4 Å². The van der Waals surface area contributed by atoms with Gasteiger partial charge in [-0.05, 0) is 45.0 Å². The van der Waals surface area contributed by atoms with Crippen LogP contribution in [0.3, 0.4) is 0 Å². The molecule has 0 unspecified atom stereocenters. The van der Waals surface area contributed by atoms with E-state index in [-0.39, 0.29) is 17.9 Å². The molecule has 1 amide bonds. The molecule has 1 aromatic carbocycles. The Morgan fingerprint density at radius 3 is 2.83 bits per heavy atom. The molecule has 1 aliphatic heterocycles. The van der Waals surface area contributed by atoms with Crippen LogP contribution >= 0.6 is 11.6 Å². The summed E-state index contributed by atoms with van der Waals surface area (Å²) in [7, 11) is 1.70. The van der Waals surface area contributed by atoms with E-state index in [2.05, 4.69) is 10.6 Å². The van der Waals surface area contributed by atoms with Crippen molar-refractivity contribution in [2.24, 2.45) is 5.41 Å². The molecular formula is C17H25ClN2O3. The van der Waals surface area contributed by atoms with E-state index >= 15 is 0 Å². The predicted molar refractivity (Wildman–Crippen MR) is 91.1 cm³/mol. The van der Waals surface area contributed by atoms with Crippen LogP contribution in [0.2, 0.25) is 5.02 Å². The molecule has 1 aliphatic rings. The lowest BCUT2D eigenvalue weighted by molar-refractivity contribution is -0.124. The number of hydrogen-bond donors (Lipinski definition) is 2. The Labute approximate surface area is 142 Å². The van der Waals surface area contributed by atoms with Gasteiger partial charge in [0.25, 0.3) is 5.91 Å². The first-order valence-corrected chi connectivity index (χ1v) is 8.28. The summed E-state index contributed by atoms with van der Waals surface area (Å²) >= 11 is 6.04. The molecule has 2 rings (SSSR count). The normalized spacial score (nSPS) is 16.8. The van der Waals surface area contributed by atoms with Crippen LogP contribution in [-0.4, -0.2) is 45.9 Å². The summed E-state index contributed by atoms with van der Waals surface area (Å²) in [6.45, 7) is 5.04. The zero-order valence-electron chi connectivity index (χ0n) is 13.8. The monoisotopic (exact) mass is 340 g/mol. The average molecular weight is 341 g/mol. The second-order valence-corrected chi connectivity index (χ2v) is 6.52. The quantitative estimate of drug-likeness (QED) is 0.798. The number of carbonyl (C=O) groups is 1. The van der Waals surface area contributed by atoms with E-state index in [1.807, 2.05) is 19.1 Å². The third-order valence-corrected chi connectivity index (χ3v) is 4.76. The molecule has 1 heterocycles. The molecule has 1 saturated heterocycles. The Balaban J connectivity index is 1.83. The Morgan fingerprint density at radius 2 is 2.13 bits per heavy atom. The van der Waals surface area contributed by atoms with Crippen LogP contribution in [0.4, 0.5) is 0 Å². The fourth-order valence-electron chi connectivity index (χ4n) is 2.86. The average Bonchev–Trinajstić information content (AvgIpc) is 2.55. The van der Waals surface area contributed by atoms with Crippen molar-refractivity contribution in [3.8, 4) is 5.75 Å². The van der Waals surface area contributed by atoms with Gasteiger partial charge in [-0.15, -0.1) is 0 Å². The molecule has 0 aliphatic carbocycles. The van der Waals surface area contributed by atoms with Crippen LogP contribution in [0.1, 0.15) is 18.4 Å². The third-order valence-electron chi connectivity index (χ3n) is 4.35. The molecule has 0 spiro atoms. The van der Waals surface area contributed by atoms with Crippen molar-refractivity contribution < 1.29 is 14.3 Å². The molecule has 5 nitrogen and oxygen atoms in total. The minimum atomic E-state index is -0.126. The summed E-state index contributed by atoms with van der Waals surface area (Å²) < 4.78 is 10.9. The van der Waals surface area contributed by atoms with E-state index in [4.69, 9.17) is 21.1 Å². The maximum Gasteiger partial charge on any atom is 0.257 e. The van der Waals surface area contributed by atoms with Gasteiger partial charge in [-0.2, -0.15) is 0 Å². The number of amides is 1. The molecule has 0 bridgehead atoms. The number of piperidine rings is 1. The first kappa shape index (κ1) is 18.0. The number of halogens is 1. The second-order valence-electron chi connectivity index (χ2n) is 6.11. The molecule has 2 N–H and O–H groups in total. The van der Waals surface area contributed by atoms with E-state index < -0.39 is 0 Å². The minimum Gasteiger partial charge on any atom is -0.483 e. The highest BCUT2D eigenvalue weighted by Gasteiger charge is 2.32. The Hall–Kier alpha value is -1.30. The highest BCUT2D eigenvalue weighted by Crippen LogP contribution is 2.28. The number of nitrogens with one attached hydrogen (secondary N) is 2. The summed E-state index contributed by atoms with van der Waals surface area (Å²) in [5.41, 5.74) is 0.859. The molecular weight excluding hydrogens is 316 g/mol. The van der Waals surface area contributed by atoms with Crippen molar-refractivity contribution in [3.05, 3.63) is 28.8 Å². The van der Waals surface area contributed by atoms with Gasteiger partial charge < -0.3 is 20.1 Å². The lowest BCUT2D eigenvalue weighted by Gasteiger charge is -2.37. The maximum atomic E-state index is 12.1. The number of carbonyl (C=O) groups excluding carboxylic acids is 1. The van der Waals surface area contributed by atoms with Gasteiger partial charge in [0.1, 0.15) is 5.75 Å². The largest absolute Gasteiger partial charge is 0.483 e. The first-order valence-electron chi connectivity index (χ1n) is 7.91. The van der Waals surface area contributed by atoms with Gasteiger partial charge in [0, 0.05) is 29.7 Å². The smallest absolute Gasteiger partial charge is 0.257 e. The zero-order chi connectivity index (χ0) is 16.7. The van der Waals surface area contributed by atoms with E-state index in [1.165, 1.54) is 0 Å². The van der Waals surface area contributed by atoms with E-state index in [0.29, 0.717) is 23.9 Å². The first-order chi connectivity index (χ1) is 11.1. The summed E-state index contributed by atoms with van der Waals surface area (Å²) in [4.78, 5) is 12.1. The van der Waals surface area contributed by atoms with Crippen LogP contribution in [0.5, 0.6) is 5.75 Å². The summed E-state index contributed by atoms with van der Waals surface area (Å²) in [6, 6.07) is 5.42. The van der Waals surface area contributed by atoms with E-state index in [9.17, 15) is 4.79 Å². The number of benzene rings is 1. The fraction of sp³-hybridized carbons (Fsp3) is 0.588. The van der Waals surface area contributed by atoms with Gasteiger partial charge in [0.2, 0.25) is 0 Å². The molecule has 1 fully saturated rings. The fourth-order valence-corrected chi connectivity index (χ4v) is 3.03. The molecule has 1 aromatic rings. The van der Waals surface area contributed by atoms with Crippen molar-refractivity contribution in [2.75, 3.05) is 40.0 Å². The summed E-state index contributed by atoms with van der Waals surface area (Å²) in [6.07, 6.45) is 1.99. The van der Waals surface area contributed by atoms with Gasteiger partial charge in [-0.25, -0.2) is 0 Å². The van der Waals surface area contributed by atoms with Crippen molar-refractivity contribution in [2.45, 2.75) is 19.8 Å². The molecule has 6 heteroatoms. The van der Waals surface area contributed by atoms with E-state index in [1.54, 1.807) is 13.2 Å². The molecule has 0 atom stereocenters. The molecule has 128 valence electrons. The number of methoxy groups -OCH3 is 1. The van der Waals surface area contributed by atoms with Crippen molar-refractivity contribution in [1.29, 1.82) is 0 Å². The minimum absolute atomic E-state index is 0.0114. The van der Waals surface area contributed by atoms with Crippen LogP contribution in [0.15, 0.2) is 18.2 Å². The highest BCUT2D eigenvalue weighted by molar-refractivity contribution is 6.31. The van der Waals surface area contributed by atoms with Crippen molar-refractivity contribution in [1.82, 2.24) is 10.6 Å². The molecule has 0 radical (unpaired) electrons. The van der Waals surface area contributed by atoms with Gasteiger partial charge in [-0.3, -0.25) is 4.79 Å². The lowest BCUT2D eigenvalue weighted by Crippen LogP contribution is -2.47. The van der Waals surface area contributed by atoms with Crippen LogP contribution in [0.25, 0.3) is 0 Å². The summed E-state index contributed by atoms with van der Waals surface area (Å²) in [5.74, 6) is 0.513. The number of rotatable bonds is 7. The summed E-state index contributed by atoms with van der Waals surface area (Å²) in [5, 5.41) is 6.95. The van der Waals surface area contributed by atoms with Gasteiger partial charge in [0.05, 0.1) is 6.61 Å². The Kier molecular flexibility index (Phi) is 6.69. The number of ether oxygens (including phenoxy) is 2. The SMILES string of the molecule is COCC1(CNC(=O)COc2cccc(Cl)c2C)CCNCC1. The number of hydrogen-bond acceptors (Lipinski definition) is 4. The van der Waals surface area contributed by atoms with Crippen LogP contribution in [-0.2, 0) is 9.53 Å². The van der Waals surface area contributed by atoms with Gasteiger partial charge in [-0.1, -0.05) is 17.7 Å². The molecule has 0 saturated carbocycles. The highest BCUT2D eigenvalue weighted by atomic mass is 35.5. The lowest BCUT2D eigenvalue weighted by atomic mass is 9.79. The topological polar surface area (TPSA) is 59.6 Å². The molecule has 0 aromatic heterocycles. The molecule has 23 heavy (non-hydrogen) atoms. The third kappa shape index (κ3) is 5.09.